The van der Waals surface area contributed by atoms with Crippen LogP contribution in [-0.2, 0) is 5.92 Å². The molecule has 0 amide bonds. The zero-order valence-corrected chi connectivity index (χ0v) is 6.70. The highest BCUT2D eigenvalue weighted by Crippen LogP contribution is 2.40. The Morgan fingerprint density at radius 2 is 2.15 bits per heavy atom. The minimum atomic E-state index is -2.93. The largest absolute Gasteiger partial charge is 0.382 e. The van der Waals surface area contributed by atoms with E-state index in [9.17, 15) is 13.2 Å². The summed E-state index contributed by atoms with van der Waals surface area (Å²) in [5, 5.41) is 2.61. The van der Waals surface area contributed by atoms with Gasteiger partial charge in [0.05, 0.1) is 5.69 Å². The molecule has 0 spiro atoms. The van der Waals surface area contributed by atoms with Crippen molar-refractivity contribution in [2.24, 2.45) is 0 Å². The minimum absolute atomic E-state index is 0.0880. The molecule has 0 unspecified atom stereocenters. The zero-order valence-electron chi connectivity index (χ0n) is 6.70. The van der Waals surface area contributed by atoms with Crippen molar-refractivity contribution < 1.29 is 13.2 Å². The Morgan fingerprint density at radius 3 is 2.85 bits per heavy atom. The number of hydrogen-bond acceptors (Lipinski definition) is 1. The molecule has 1 N–H and O–H groups in total. The topological polar surface area (TPSA) is 12.0 Å². The molecule has 1 aliphatic heterocycles. The summed E-state index contributed by atoms with van der Waals surface area (Å²) in [4.78, 5) is 0. The molecule has 0 bridgehead atoms. The molecule has 69 valence electrons. The molecule has 1 heterocycles. The highest BCUT2D eigenvalue weighted by molar-refractivity contribution is 5.55. The predicted molar refractivity (Wildman–Crippen MR) is 42.2 cm³/mol. The van der Waals surface area contributed by atoms with Crippen molar-refractivity contribution in [1.82, 2.24) is 0 Å². The smallest absolute Gasteiger partial charge is 0.277 e. The van der Waals surface area contributed by atoms with Crippen molar-refractivity contribution in [1.29, 1.82) is 0 Å². The SMILES string of the molecule is Fc1c[c]cc2c1NCCC2(F)F. The number of benzene rings is 1. The lowest BCUT2D eigenvalue weighted by molar-refractivity contribution is -0.0126. The third-order valence-electron chi connectivity index (χ3n) is 2.08. The van der Waals surface area contributed by atoms with Crippen LogP contribution in [0.3, 0.4) is 0 Å². The summed E-state index contributed by atoms with van der Waals surface area (Å²) in [6, 6.07) is 4.53. The second-order valence-electron chi connectivity index (χ2n) is 2.97. The van der Waals surface area contributed by atoms with Crippen LogP contribution in [0.2, 0.25) is 0 Å². The number of alkyl halides is 2. The van der Waals surface area contributed by atoms with Gasteiger partial charge < -0.3 is 5.32 Å². The van der Waals surface area contributed by atoms with Crippen LogP contribution in [0.4, 0.5) is 18.9 Å². The highest BCUT2D eigenvalue weighted by atomic mass is 19.3. The van der Waals surface area contributed by atoms with Gasteiger partial charge in [-0.2, -0.15) is 0 Å². The fourth-order valence-corrected chi connectivity index (χ4v) is 1.42. The number of hydrogen-bond donors (Lipinski definition) is 1. The maximum Gasteiger partial charge on any atom is 0.277 e. The Hall–Kier alpha value is -1.19. The van der Waals surface area contributed by atoms with Gasteiger partial charge in [0.25, 0.3) is 5.92 Å². The van der Waals surface area contributed by atoms with Crippen molar-refractivity contribution >= 4 is 5.69 Å². The molecule has 1 aliphatic rings. The fourth-order valence-electron chi connectivity index (χ4n) is 1.42. The van der Waals surface area contributed by atoms with E-state index in [4.69, 9.17) is 0 Å². The van der Waals surface area contributed by atoms with Crippen molar-refractivity contribution in [2.75, 3.05) is 11.9 Å². The molecule has 4 heteroatoms. The Morgan fingerprint density at radius 1 is 1.38 bits per heavy atom. The van der Waals surface area contributed by atoms with Crippen LogP contribution in [0.1, 0.15) is 12.0 Å². The average molecular weight is 186 g/mol. The summed E-state index contributed by atoms with van der Waals surface area (Å²) < 4.78 is 39.3. The number of nitrogens with one attached hydrogen (secondary N) is 1. The molecular formula is C9H7F3N. The molecule has 13 heavy (non-hydrogen) atoms. The molecule has 1 aromatic carbocycles. The van der Waals surface area contributed by atoms with Crippen LogP contribution in [0.15, 0.2) is 12.1 Å². The number of halogens is 3. The van der Waals surface area contributed by atoms with E-state index in [-0.39, 0.29) is 24.2 Å². The van der Waals surface area contributed by atoms with Gasteiger partial charge >= 0.3 is 0 Å². The van der Waals surface area contributed by atoms with E-state index in [1.165, 1.54) is 0 Å². The summed E-state index contributed by atoms with van der Waals surface area (Å²) in [6.07, 6.45) is -0.294. The molecule has 0 saturated heterocycles. The van der Waals surface area contributed by atoms with E-state index in [0.29, 0.717) is 0 Å². The Kier molecular flexibility index (Phi) is 1.71. The van der Waals surface area contributed by atoms with E-state index in [2.05, 4.69) is 11.4 Å². The third kappa shape index (κ3) is 1.26. The Balaban J connectivity index is 2.58. The lowest BCUT2D eigenvalue weighted by atomic mass is 9.99. The lowest BCUT2D eigenvalue weighted by Gasteiger charge is -2.26. The van der Waals surface area contributed by atoms with Crippen molar-refractivity contribution in [3.8, 4) is 0 Å². The lowest BCUT2D eigenvalue weighted by Crippen LogP contribution is -2.26. The Bertz CT molecular complexity index is 336. The highest BCUT2D eigenvalue weighted by Gasteiger charge is 2.37. The van der Waals surface area contributed by atoms with Crippen molar-refractivity contribution in [3.05, 3.63) is 29.6 Å². The van der Waals surface area contributed by atoms with Gasteiger partial charge in [-0.3, -0.25) is 0 Å². The van der Waals surface area contributed by atoms with Gasteiger partial charge in [-0.05, 0) is 18.2 Å². The van der Waals surface area contributed by atoms with Crippen LogP contribution in [0.5, 0.6) is 0 Å². The quantitative estimate of drug-likeness (QED) is 0.656. The number of fused-ring (bicyclic) bond motifs is 1. The average Bonchev–Trinajstić information content (AvgIpc) is 2.06. The molecular weight excluding hydrogens is 179 g/mol. The van der Waals surface area contributed by atoms with E-state index in [1.807, 2.05) is 0 Å². The molecule has 0 saturated carbocycles. The molecule has 1 radical (unpaired) electrons. The molecule has 0 atom stereocenters. The maximum atomic E-state index is 13.2. The van der Waals surface area contributed by atoms with Crippen LogP contribution in [-0.4, -0.2) is 6.54 Å². The molecule has 0 aliphatic carbocycles. The van der Waals surface area contributed by atoms with Crippen molar-refractivity contribution in [3.63, 3.8) is 0 Å². The van der Waals surface area contributed by atoms with E-state index in [0.717, 1.165) is 12.1 Å². The van der Waals surface area contributed by atoms with Gasteiger partial charge in [0.2, 0.25) is 0 Å². The summed E-state index contributed by atoms with van der Waals surface area (Å²) in [7, 11) is 0. The summed E-state index contributed by atoms with van der Waals surface area (Å²) in [6.45, 7) is 0.0981. The first-order valence-electron chi connectivity index (χ1n) is 3.93. The second kappa shape index (κ2) is 2.65. The fraction of sp³-hybridized carbons (Fsp3) is 0.333. The van der Waals surface area contributed by atoms with E-state index in [1.54, 1.807) is 0 Å². The molecule has 0 fully saturated rings. The first kappa shape index (κ1) is 8.41. The molecule has 1 nitrogen and oxygen atoms in total. The Labute approximate surface area is 73.6 Å². The summed E-state index contributed by atoms with van der Waals surface area (Å²) in [5.74, 6) is -3.60. The van der Waals surface area contributed by atoms with Gasteiger partial charge in [-0.15, -0.1) is 0 Å². The van der Waals surface area contributed by atoms with Crippen LogP contribution in [0, 0.1) is 11.9 Å². The van der Waals surface area contributed by atoms with Gasteiger partial charge in [0, 0.05) is 18.5 Å². The third-order valence-corrected chi connectivity index (χ3v) is 2.08. The molecule has 0 aromatic heterocycles. The van der Waals surface area contributed by atoms with Gasteiger partial charge in [-0.25, -0.2) is 13.2 Å². The maximum absolute atomic E-state index is 13.2. The van der Waals surface area contributed by atoms with Gasteiger partial charge in [-0.1, -0.05) is 0 Å². The first-order chi connectivity index (χ1) is 6.11. The van der Waals surface area contributed by atoms with Gasteiger partial charge in [0.15, 0.2) is 0 Å². The standard InChI is InChI=1S/C9H7F3N/c10-7-3-1-2-6-8(7)13-5-4-9(6,11)12/h2-3,13H,4-5H2. The zero-order chi connectivity index (χ0) is 9.47. The van der Waals surface area contributed by atoms with E-state index < -0.39 is 11.7 Å². The van der Waals surface area contributed by atoms with Crippen molar-refractivity contribution in [2.45, 2.75) is 12.3 Å². The number of anilines is 1. The van der Waals surface area contributed by atoms with Crippen LogP contribution < -0.4 is 5.32 Å². The van der Waals surface area contributed by atoms with Gasteiger partial charge in [0.1, 0.15) is 5.82 Å². The summed E-state index contributed by atoms with van der Waals surface area (Å²) >= 11 is 0. The monoisotopic (exact) mass is 186 g/mol. The predicted octanol–water partition coefficient (Wildman–Crippen LogP) is 2.53. The minimum Gasteiger partial charge on any atom is -0.382 e. The van der Waals surface area contributed by atoms with E-state index >= 15 is 0 Å². The van der Waals surface area contributed by atoms with Crippen LogP contribution in [0.25, 0.3) is 0 Å². The molecule has 1 aromatic rings. The second-order valence-corrected chi connectivity index (χ2v) is 2.97. The molecule has 2 rings (SSSR count). The first-order valence-corrected chi connectivity index (χ1v) is 3.93. The number of rotatable bonds is 0. The summed E-state index contributed by atoms with van der Waals surface area (Å²) in [5.41, 5.74) is -0.381. The normalized spacial score (nSPS) is 19.0. The van der Waals surface area contributed by atoms with Crippen LogP contribution >= 0.6 is 0 Å².